The Morgan fingerprint density at radius 2 is 1.88 bits per heavy atom. The molecule has 2 heterocycles. The van der Waals surface area contributed by atoms with Gasteiger partial charge in [-0.25, -0.2) is 4.79 Å². The van der Waals surface area contributed by atoms with Gasteiger partial charge in [-0.2, -0.15) is 4.98 Å². The fraction of sp³-hybridized carbons (Fsp3) is 0.300. The molecule has 4 nitrogen and oxygen atoms in total. The Morgan fingerprint density at radius 1 is 1.12 bits per heavy atom. The van der Waals surface area contributed by atoms with E-state index in [0.29, 0.717) is 6.61 Å². The summed E-state index contributed by atoms with van der Waals surface area (Å²) in [6.45, 7) is 6.66. The highest BCUT2D eigenvalue weighted by Crippen LogP contribution is 2.39. The summed E-state index contributed by atoms with van der Waals surface area (Å²) in [5.41, 5.74) is 4.25. The Bertz CT molecular complexity index is 929. The monoisotopic (exact) mass is 320 g/mol. The number of aromatic nitrogens is 2. The van der Waals surface area contributed by atoms with E-state index in [9.17, 15) is 4.79 Å². The highest BCUT2D eigenvalue weighted by Gasteiger charge is 2.32. The molecule has 2 aromatic rings. The second-order valence-electron chi connectivity index (χ2n) is 7.14. The topological polar surface area (TPSA) is 44.1 Å². The molecule has 1 aromatic carbocycles. The largest absolute Gasteiger partial charge is 0.489 e. The average molecular weight is 320 g/mol. The third-order valence-corrected chi connectivity index (χ3v) is 4.45. The van der Waals surface area contributed by atoms with Crippen LogP contribution in [-0.4, -0.2) is 16.2 Å². The van der Waals surface area contributed by atoms with Crippen molar-refractivity contribution < 1.29 is 4.74 Å². The van der Waals surface area contributed by atoms with Gasteiger partial charge in [-0.15, -0.1) is 0 Å². The molecule has 0 saturated heterocycles. The van der Waals surface area contributed by atoms with Gasteiger partial charge in [0.05, 0.1) is 11.4 Å². The van der Waals surface area contributed by atoms with Gasteiger partial charge in [0.15, 0.2) is 0 Å². The fourth-order valence-corrected chi connectivity index (χ4v) is 3.46. The summed E-state index contributed by atoms with van der Waals surface area (Å²) in [6, 6.07) is 9.92. The second kappa shape index (κ2) is 5.20. The predicted octanol–water partition coefficient (Wildman–Crippen LogP) is 3.52. The molecule has 1 aromatic heterocycles. The van der Waals surface area contributed by atoms with Crippen LogP contribution in [0.5, 0.6) is 0 Å². The summed E-state index contributed by atoms with van der Waals surface area (Å²) >= 11 is 0. The molecule has 4 rings (SSSR count). The molecule has 0 bridgehead atoms. The maximum atomic E-state index is 12.9. The summed E-state index contributed by atoms with van der Waals surface area (Å²) in [7, 11) is 0. The smallest absolute Gasteiger partial charge is 0.349 e. The van der Waals surface area contributed by atoms with Crippen LogP contribution in [0.25, 0.3) is 16.8 Å². The molecule has 0 amide bonds. The number of hydrogen-bond acceptors (Lipinski definition) is 3. The van der Waals surface area contributed by atoms with Crippen LogP contribution in [0.1, 0.15) is 32.0 Å². The zero-order valence-corrected chi connectivity index (χ0v) is 14.2. The Balaban J connectivity index is 2.08. The Morgan fingerprint density at radius 3 is 2.58 bits per heavy atom. The van der Waals surface area contributed by atoms with Crippen molar-refractivity contribution in [2.75, 3.05) is 6.61 Å². The van der Waals surface area contributed by atoms with Crippen molar-refractivity contribution in [1.82, 2.24) is 9.55 Å². The first-order valence-electron chi connectivity index (χ1n) is 8.22. The molecule has 0 atom stereocenters. The zero-order valence-electron chi connectivity index (χ0n) is 14.2. The first-order chi connectivity index (χ1) is 11.5. The summed E-state index contributed by atoms with van der Waals surface area (Å²) in [5.74, 6) is 0.880. The van der Waals surface area contributed by atoms with Gasteiger partial charge in [-0.05, 0) is 39.3 Å². The van der Waals surface area contributed by atoms with Gasteiger partial charge in [0.25, 0.3) is 0 Å². The third kappa shape index (κ3) is 2.21. The number of benzene rings is 1. The Labute approximate surface area is 141 Å². The molecular formula is C20H20N2O2. The molecule has 2 aliphatic rings. The normalized spacial score (nSPS) is 16.0. The summed E-state index contributed by atoms with van der Waals surface area (Å²) in [4.78, 5) is 17.3. The van der Waals surface area contributed by atoms with Crippen molar-refractivity contribution >= 4 is 5.57 Å². The second-order valence-corrected chi connectivity index (χ2v) is 7.14. The summed E-state index contributed by atoms with van der Waals surface area (Å²) in [5, 5.41) is 0. The minimum atomic E-state index is -0.352. The molecule has 1 aliphatic heterocycles. The number of ether oxygens (including phenoxy) is 1. The van der Waals surface area contributed by atoms with Crippen molar-refractivity contribution in [3.63, 3.8) is 0 Å². The van der Waals surface area contributed by atoms with Crippen molar-refractivity contribution in [2.45, 2.75) is 32.7 Å². The van der Waals surface area contributed by atoms with Crippen molar-refractivity contribution in [1.29, 1.82) is 0 Å². The van der Waals surface area contributed by atoms with Crippen molar-refractivity contribution in [2.24, 2.45) is 0 Å². The lowest BCUT2D eigenvalue weighted by Crippen LogP contribution is -2.39. The van der Waals surface area contributed by atoms with Gasteiger partial charge < -0.3 is 4.74 Å². The van der Waals surface area contributed by atoms with Crippen LogP contribution in [0.3, 0.4) is 0 Å². The maximum absolute atomic E-state index is 12.9. The van der Waals surface area contributed by atoms with Crippen LogP contribution < -0.4 is 5.69 Å². The van der Waals surface area contributed by atoms with Crippen molar-refractivity contribution in [3.05, 3.63) is 70.0 Å². The summed E-state index contributed by atoms with van der Waals surface area (Å²) < 4.78 is 7.51. The molecule has 0 spiro atoms. The lowest BCUT2D eigenvalue weighted by molar-refractivity contribution is 0.278. The van der Waals surface area contributed by atoms with Crippen molar-refractivity contribution in [3.8, 4) is 11.3 Å². The van der Waals surface area contributed by atoms with Crippen LogP contribution in [-0.2, 0) is 16.7 Å². The first-order valence-corrected chi connectivity index (χ1v) is 8.22. The van der Waals surface area contributed by atoms with Crippen LogP contribution in [0.2, 0.25) is 0 Å². The maximum Gasteiger partial charge on any atom is 0.349 e. The number of hydrogen-bond donors (Lipinski definition) is 0. The predicted molar refractivity (Wildman–Crippen MR) is 94.6 cm³/mol. The van der Waals surface area contributed by atoms with Gasteiger partial charge in [0.1, 0.15) is 12.4 Å². The van der Waals surface area contributed by atoms with Crippen LogP contribution in [0.4, 0.5) is 0 Å². The van der Waals surface area contributed by atoms with E-state index in [4.69, 9.17) is 4.74 Å². The van der Waals surface area contributed by atoms with Gasteiger partial charge in [-0.1, -0.05) is 30.3 Å². The number of rotatable bonds is 1. The molecule has 4 heteroatoms. The van der Waals surface area contributed by atoms with Gasteiger partial charge in [-0.3, -0.25) is 4.57 Å². The van der Waals surface area contributed by atoms with E-state index in [1.165, 1.54) is 0 Å². The Kier molecular flexibility index (Phi) is 3.23. The third-order valence-electron chi connectivity index (χ3n) is 4.45. The molecule has 0 radical (unpaired) electrons. The standard InChI is InChI=1S/C20H20N2O2/c1-20(2,3)22-18-14-11-12-24-16(14)10-9-15(18)17(21-19(22)23)13-7-5-4-6-8-13/h4-8,10-11H,9,12H2,1-3H3. The number of allylic oxidation sites excluding steroid dienone is 2. The quantitative estimate of drug-likeness (QED) is 0.807. The number of fused-ring (bicyclic) bond motifs is 3. The summed E-state index contributed by atoms with van der Waals surface area (Å²) in [6.07, 6.45) is 4.86. The van der Waals surface area contributed by atoms with E-state index in [1.807, 2.05) is 55.7 Å². The van der Waals surface area contributed by atoms with E-state index in [0.717, 1.165) is 40.3 Å². The molecule has 0 N–H and O–H groups in total. The fourth-order valence-electron chi connectivity index (χ4n) is 3.46. The molecular weight excluding hydrogens is 300 g/mol. The average Bonchev–Trinajstić information content (AvgIpc) is 3.02. The van der Waals surface area contributed by atoms with E-state index in [-0.39, 0.29) is 11.2 Å². The molecule has 122 valence electrons. The highest BCUT2D eigenvalue weighted by atomic mass is 16.5. The molecule has 0 fully saturated rings. The van der Waals surface area contributed by atoms with Crippen LogP contribution in [0, 0.1) is 0 Å². The van der Waals surface area contributed by atoms with E-state index in [1.54, 1.807) is 0 Å². The zero-order chi connectivity index (χ0) is 16.9. The van der Waals surface area contributed by atoms with Crippen LogP contribution in [0.15, 0.2) is 53.0 Å². The SMILES string of the molecule is CC(C)(C)n1c2c(c(-c3ccccc3)nc1=O)CC=C1OCC=C12. The minimum Gasteiger partial charge on any atom is -0.489 e. The van der Waals surface area contributed by atoms with Gasteiger partial charge in [0, 0.05) is 22.2 Å². The first kappa shape index (κ1) is 14.9. The van der Waals surface area contributed by atoms with E-state index in [2.05, 4.69) is 17.1 Å². The van der Waals surface area contributed by atoms with E-state index < -0.39 is 0 Å². The van der Waals surface area contributed by atoms with E-state index >= 15 is 0 Å². The Hall–Kier alpha value is -2.62. The molecule has 0 unspecified atom stereocenters. The lowest BCUT2D eigenvalue weighted by atomic mass is 9.91. The minimum absolute atomic E-state index is 0.214. The highest BCUT2D eigenvalue weighted by molar-refractivity contribution is 5.84. The molecule has 1 aliphatic carbocycles. The molecule has 0 saturated carbocycles. The van der Waals surface area contributed by atoms with Crippen LogP contribution >= 0.6 is 0 Å². The molecule has 24 heavy (non-hydrogen) atoms. The number of nitrogens with zero attached hydrogens (tertiary/aromatic N) is 2. The van der Waals surface area contributed by atoms with Gasteiger partial charge in [0.2, 0.25) is 0 Å². The van der Waals surface area contributed by atoms with Gasteiger partial charge >= 0.3 is 5.69 Å². The lowest BCUT2D eigenvalue weighted by Gasteiger charge is -2.30.